The molecule has 0 radical (unpaired) electrons. The average molecular weight is 275 g/mol. The lowest BCUT2D eigenvalue weighted by atomic mass is 10.1. The Labute approximate surface area is 95.8 Å². The van der Waals surface area contributed by atoms with E-state index >= 15 is 0 Å². The third kappa shape index (κ3) is 1.93. The Balaban J connectivity index is 2.24. The monoisotopic (exact) mass is 273 g/mol. The summed E-state index contributed by atoms with van der Waals surface area (Å²) in [5, 5.41) is 3.59. The molecule has 2 rings (SSSR count). The molecule has 1 saturated heterocycles. The van der Waals surface area contributed by atoms with E-state index in [1.54, 1.807) is 0 Å². The number of carbonyl (C=O) groups excluding carboxylic acids is 1. The van der Waals surface area contributed by atoms with Gasteiger partial charge in [0.2, 0.25) is 5.91 Å². The third-order valence-electron chi connectivity index (χ3n) is 2.34. The normalized spacial score (nSPS) is 21.0. The summed E-state index contributed by atoms with van der Waals surface area (Å²) in [5.74, 6) is 0.119. The van der Waals surface area contributed by atoms with Crippen molar-refractivity contribution in [2.45, 2.75) is 18.9 Å². The van der Waals surface area contributed by atoms with Crippen molar-refractivity contribution in [1.82, 2.24) is 5.32 Å². The SMILES string of the molecule is O=C1CC[C@@H](c2ccc(Br)c(Cl)c2)N1. The molecule has 1 aliphatic heterocycles. The number of rotatable bonds is 1. The van der Waals surface area contributed by atoms with E-state index in [0.717, 1.165) is 16.5 Å². The predicted molar refractivity (Wildman–Crippen MR) is 59.3 cm³/mol. The number of benzene rings is 1. The summed E-state index contributed by atoms with van der Waals surface area (Å²) >= 11 is 9.30. The van der Waals surface area contributed by atoms with Crippen molar-refractivity contribution < 1.29 is 4.79 Å². The molecule has 1 atom stereocenters. The molecule has 74 valence electrons. The summed E-state index contributed by atoms with van der Waals surface area (Å²) in [5.41, 5.74) is 1.07. The highest BCUT2D eigenvalue weighted by Gasteiger charge is 2.22. The van der Waals surface area contributed by atoms with E-state index in [-0.39, 0.29) is 11.9 Å². The first-order valence-corrected chi connectivity index (χ1v) is 5.58. The molecule has 0 aliphatic carbocycles. The van der Waals surface area contributed by atoms with Crippen molar-refractivity contribution in [2.75, 3.05) is 0 Å². The summed E-state index contributed by atoms with van der Waals surface area (Å²) in [6.45, 7) is 0. The zero-order valence-electron chi connectivity index (χ0n) is 7.39. The molecular formula is C10H9BrClNO. The van der Waals surface area contributed by atoms with Crippen LogP contribution in [-0.2, 0) is 4.79 Å². The van der Waals surface area contributed by atoms with Gasteiger partial charge in [-0.3, -0.25) is 4.79 Å². The van der Waals surface area contributed by atoms with E-state index in [9.17, 15) is 4.79 Å². The van der Waals surface area contributed by atoms with Crippen LogP contribution < -0.4 is 5.32 Å². The third-order valence-corrected chi connectivity index (χ3v) is 3.57. The summed E-state index contributed by atoms with van der Waals surface area (Å²) in [6.07, 6.45) is 1.47. The zero-order valence-corrected chi connectivity index (χ0v) is 9.73. The predicted octanol–water partition coefficient (Wildman–Crippen LogP) is 3.05. The van der Waals surface area contributed by atoms with Gasteiger partial charge in [0.05, 0.1) is 11.1 Å². The van der Waals surface area contributed by atoms with Crippen LogP contribution in [0.15, 0.2) is 22.7 Å². The minimum Gasteiger partial charge on any atom is -0.349 e. The summed E-state index contributed by atoms with van der Waals surface area (Å²) in [6, 6.07) is 5.91. The van der Waals surface area contributed by atoms with Crippen LogP contribution in [0.5, 0.6) is 0 Å². The van der Waals surface area contributed by atoms with Crippen molar-refractivity contribution in [3.8, 4) is 0 Å². The van der Waals surface area contributed by atoms with Crippen LogP contribution in [0, 0.1) is 0 Å². The van der Waals surface area contributed by atoms with Crippen LogP contribution in [0.1, 0.15) is 24.4 Å². The lowest BCUT2D eigenvalue weighted by molar-refractivity contribution is -0.119. The Bertz CT molecular complexity index is 380. The second-order valence-corrected chi connectivity index (χ2v) is 4.59. The molecule has 1 aromatic carbocycles. The standard InChI is InChI=1S/C10H9BrClNO/c11-7-2-1-6(5-8(7)12)9-3-4-10(14)13-9/h1-2,5,9H,3-4H2,(H,13,14)/t9-/m0/s1. The lowest BCUT2D eigenvalue weighted by Crippen LogP contribution is -2.18. The maximum Gasteiger partial charge on any atom is 0.220 e. The lowest BCUT2D eigenvalue weighted by Gasteiger charge is -2.10. The quantitative estimate of drug-likeness (QED) is 0.838. The van der Waals surface area contributed by atoms with Gasteiger partial charge < -0.3 is 5.32 Å². The Morgan fingerprint density at radius 2 is 2.29 bits per heavy atom. The van der Waals surface area contributed by atoms with E-state index < -0.39 is 0 Å². The molecular weight excluding hydrogens is 265 g/mol. The summed E-state index contributed by atoms with van der Waals surface area (Å²) < 4.78 is 0.882. The van der Waals surface area contributed by atoms with Gasteiger partial charge in [-0.2, -0.15) is 0 Å². The maximum atomic E-state index is 11.0. The molecule has 0 unspecified atom stereocenters. The minimum absolute atomic E-state index is 0.119. The van der Waals surface area contributed by atoms with Crippen molar-refractivity contribution in [1.29, 1.82) is 0 Å². The zero-order chi connectivity index (χ0) is 10.1. The first-order chi connectivity index (χ1) is 6.66. The van der Waals surface area contributed by atoms with Gasteiger partial charge in [0, 0.05) is 10.9 Å². The van der Waals surface area contributed by atoms with Gasteiger partial charge in [0.25, 0.3) is 0 Å². The number of nitrogens with one attached hydrogen (secondary N) is 1. The van der Waals surface area contributed by atoms with Crippen molar-refractivity contribution in [2.24, 2.45) is 0 Å². The van der Waals surface area contributed by atoms with Gasteiger partial charge >= 0.3 is 0 Å². The molecule has 1 heterocycles. The Morgan fingerprint density at radius 1 is 1.50 bits per heavy atom. The van der Waals surface area contributed by atoms with E-state index in [1.807, 2.05) is 18.2 Å². The van der Waals surface area contributed by atoms with Crippen molar-refractivity contribution in [3.63, 3.8) is 0 Å². The molecule has 1 amide bonds. The molecule has 0 aromatic heterocycles. The molecule has 0 saturated carbocycles. The van der Waals surface area contributed by atoms with Gasteiger partial charge in [0.15, 0.2) is 0 Å². The second-order valence-electron chi connectivity index (χ2n) is 3.33. The number of hydrogen-bond donors (Lipinski definition) is 1. The molecule has 1 aromatic rings. The molecule has 1 N–H and O–H groups in total. The minimum atomic E-state index is 0.119. The molecule has 1 aliphatic rings. The largest absolute Gasteiger partial charge is 0.349 e. The average Bonchev–Trinajstić information content (AvgIpc) is 2.57. The molecule has 2 nitrogen and oxygen atoms in total. The maximum absolute atomic E-state index is 11.0. The number of halogens is 2. The van der Waals surface area contributed by atoms with E-state index in [4.69, 9.17) is 11.6 Å². The highest BCUT2D eigenvalue weighted by molar-refractivity contribution is 9.10. The number of carbonyl (C=O) groups is 1. The molecule has 14 heavy (non-hydrogen) atoms. The smallest absolute Gasteiger partial charge is 0.220 e. The van der Waals surface area contributed by atoms with Crippen LogP contribution in [0.3, 0.4) is 0 Å². The van der Waals surface area contributed by atoms with E-state index in [1.165, 1.54) is 0 Å². The topological polar surface area (TPSA) is 29.1 Å². The van der Waals surface area contributed by atoms with Crippen LogP contribution >= 0.6 is 27.5 Å². The van der Waals surface area contributed by atoms with Gasteiger partial charge in [-0.05, 0) is 40.0 Å². The van der Waals surface area contributed by atoms with Crippen LogP contribution in [0.25, 0.3) is 0 Å². The van der Waals surface area contributed by atoms with E-state index in [2.05, 4.69) is 21.2 Å². The van der Waals surface area contributed by atoms with Crippen LogP contribution in [-0.4, -0.2) is 5.91 Å². The molecule has 0 bridgehead atoms. The molecule has 1 fully saturated rings. The Hall–Kier alpha value is -0.540. The first kappa shape index (κ1) is 9.99. The molecule has 4 heteroatoms. The van der Waals surface area contributed by atoms with E-state index in [0.29, 0.717) is 11.4 Å². The fourth-order valence-corrected chi connectivity index (χ4v) is 2.03. The van der Waals surface area contributed by atoms with Gasteiger partial charge in [0.1, 0.15) is 0 Å². The summed E-state index contributed by atoms with van der Waals surface area (Å²) in [7, 11) is 0. The first-order valence-electron chi connectivity index (χ1n) is 4.41. The highest BCUT2D eigenvalue weighted by Crippen LogP contribution is 2.29. The van der Waals surface area contributed by atoms with Gasteiger partial charge in [-0.15, -0.1) is 0 Å². The van der Waals surface area contributed by atoms with Crippen molar-refractivity contribution in [3.05, 3.63) is 33.3 Å². The highest BCUT2D eigenvalue weighted by atomic mass is 79.9. The Morgan fingerprint density at radius 3 is 2.86 bits per heavy atom. The van der Waals surface area contributed by atoms with Crippen LogP contribution in [0.4, 0.5) is 0 Å². The summed E-state index contributed by atoms with van der Waals surface area (Å²) in [4.78, 5) is 11.0. The molecule has 0 spiro atoms. The fourth-order valence-electron chi connectivity index (χ4n) is 1.59. The van der Waals surface area contributed by atoms with Gasteiger partial charge in [-0.25, -0.2) is 0 Å². The second kappa shape index (κ2) is 3.91. The number of hydrogen-bond acceptors (Lipinski definition) is 1. The van der Waals surface area contributed by atoms with Crippen molar-refractivity contribution >= 4 is 33.4 Å². The van der Waals surface area contributed by atoms with Crippen LogP contribution in [0.2, 0.25) is 5.02 Å². The van der Waals surface area contributed by atoms with Gasteiger partial charge in [-0.1, -0.05) is 17.7 Å². The fraction of sp³-hybridized carbons (Fsp3) is 0.300. The number of amides is 1. The Kier molecular flexibility index (Phi) is 2.79.